The standard InChI is InChI=1S/C7H8N2O2/c1-3-5-4-9(2)8-6(5)7(10)11/h3-4H,1H2,2H3,(H,10,11). The number of nitrogens with zero attached hydrogens (tertiary/aromatic N) is 2. The van der Waals surface area contributed by atoms with Gasteiger partial charge in [0.2, 0.25) is 0 Å². The van der Waals surface area contributed by atoms with Crippen molar-refractivity contribution in [3.63, 3.8) is 0 Å². The summed E-state index contributed by atoms with van der Waals surface area (Å²) in [6.45, 7) is 3.47. The van der Waals surface area contributed by atoms with Crippen molar-refractivity contribution in [3.8, 4) is 0 Å². The van der Waals surface area contributed by atoms with Crippen molar-refractivity contribution in [3.05, 3.63) is 24.0 Å². The third-order valence-electron chi connectivity index (χ3n) is 1.28. The number of hydrogen-bond donors (Lipinski definition) is 1. The van der Waals surface area contributed by atoms with Crippen LogP contribution < -0.4 is 0 Å². The van der Waals surface area contributed by atoms with Gasteiger partial charge in [0, 0.05) is 18.8 Å². The fourth-order valence-electron chi connectivity index (χ4n) is 0.822. The van der Waals surface area contributed by atoms with Crippen LogP contribution in [0.25, 0.3) is 6.08 Å². The third kappa shape index (κ3) is 1.29. The molecule has 0 radical (unpaired) electrons. The van der Waals surface area contributed by atoms with Gasteiger partial charge in [-0.05, 0) is 0 Å². The highest BCUT2D eigenvalue weighted by atomic mass is 16.4. The highest BCUT2D eigenvalue weighted by Crippen LogP contribution is 2.06. The highest BCUT2D eigenvalue weighted by molar-refractivity contribution is 5.89. The summed E-state index contributed by atoms with van der Waals surface area (Å²) in [4.78, 5) is 10.5. The molecule has 0 unspecified atom stereocenters. The molecule has 0 spiro atoms. The molecule has 0 aliphatic carbocycles. The lowest BCUT2D eigenvalue weighted by atomic mass is 10.2. The van der Waals surface area contributed by atoms with Crippen LogP contribution in [-0.2, 0) is 7.05 Å². The van der Waals surface area contributed by atoms with E-state index in [0.29, 0.717) is 5.56 Å². The van der Waals surface area contributed by atoms with Gasteiger partial charge in [-0.25, -0.2) is 4.79 Å². The summed E-state index contributed by atoms with van der Waals surface area (Å²) in [5.41, 5.74) is 0.586. The molecule has 1 N–H and O–H groups in total. The minimum absolute atomic E-state index is 0.0440. The van der Waals surface area contributed by atoms with Crippen molar-refractivity contribution in [2.75, 3.05) is 0 Å². The minimum atomic E-state index is -1.03. The van der Waals surface area contributed by atoms with Crippen LogP contribution >= 0.6 is 0 Å². The van der Waals surface area contributed by atoms with Crippen molar-refractivity contribution < 1.29 is 9.90 Å². The maximum absolute atomic E-state index is 10.5. The lowest BCUT2D eigenvalue weighted by molar-refractivity contribution is 0.0689. The van der Waals surface area contributed by atoms with Gasteiger partial charge in [0.15, 0.2) is 5.69 Å². The Hall–Kier alpha value is -1.58. The van der Waals surface area contributed by atoms with Gasteiger partial charge in [-0.2, -0.15) is 5.10 Å². The second kappa shape index (κ2) is 2.57. The molecule has 0 amide bonds. The summed E-state index contributed by atoms with van der Waals surface area (Å²) in [5.74, 6) is -1.03. The van der Waals surface area contributed by atoms with Crippen LogP contribution in [0.5, 0.6) is 0 Å². The lowest BCUT2D eigenvalue weighted by Crippen LogP contribution is -2.00. The Morgan fingerprint density at radius 3 is 2.91 bits per heavy atom. The molecule has 0 atom stereocenters. The Labute approximate surface area is 63.8 Å². The third-order valence-corrected chi connectivity index (χ3v) is 1.28. The zero-order chi connectivity index (χ0) is 8.43. The van der Waals surface area contributed by atoms with Crippen LogP contribution in [0.1, 0.15) is 16.1 Å². The SMILES string of the molecule is C=Cc1cn(C)nc1C(=O)O. The van der Waals surface area contributed by atoms with Gasteiger partial charge in [0.1, 0.15) is 0 Å². The molecule has 0 saturated carbocycles. The second-order valence-corrected chi connectivity index (χ2v) is 2.12. The molecule has 0 aromatic carbocycles. The Balaban J connectivity index is 3.22. The van der Waals surface area contributed by atoms with Crippen LogP contribution in [0.2, 0.25) is 0 Å². The largest absolute Gasteiger partial charge is 0.476 e. The predicted octanol–water partition coefficient (Wildman–Crippen LogP) is 0.761. The van der Waals surface area contributed by atoms with Gasteiger partial charge in [0.25, 0.3) is 0 Å². The quantitative estimate of drug-likeness (QED) is 0.680. The summed E-state index contributed by atoms with van der Waals surface area (Å²) >= 11 is 0. The number of carboxylic acid groups (broad SMARTS) is 1. The van der Waals surface area contributed by atoms with Crippen molar-refractivity contribution in [1.82, 2.24) is 9.78 Å². The molecule has 0 aliphatic heterocycles. The summed E-state index contributed by atoms with van der Waals surface area (Å²) in [6.07, 6.45) is 3.08. The molecule has 0 bridgehead atoms. The van der Waals surface area contributed by atoms with Gasteiger partial charge in [-0.15, -0.1) is 0 Å². The van der Waals surface area contributed by atoms with Crippen LogP contribution in [0.4, 0.5) is 0 Å². The summed E-state index contributed by atoms with van der Waals surface area (Å²) in [5, 5.41) is 12.3. The topological polar surface area (TPSA) is 55.1 Å². The van der Waals surface area contributed by atoms with Crippen LogP contribution in [0, 0.1) is 0 Å². The van der Waals surface area contributed by atoms with Gasteiger partial charge < -0.3 is 5.11 Å². The summed E-state index contributed by atoms with van der Waals surface area (Å²) < 4.78 is 1.44. The van der Waals surface area contributed by atoms with Crippen LogP contribution in [-0.4, -0.2) is 20.9 Å². The molecule has 0 fully saturated rings. The average molecular weight is 152 g/mol. The highest BCUT2D eigenvalue weighted by Gasteiger charge is 2.11. The molecule has 4 heteroatoms. The fourth-order valence-corrected chi connectivity index (χ4v) is 0.822. The number of carboxylic acids is 1. The molecular formula is C7H8N2O2. The van der Waals surface area contributed by atoms with E-state index in [2.05, 4.69) is 11.7 Å². The second-order valence-electron chi connectivity index (χ2n) is 2.12. The van der Waals surface area contributed by atoms with Gasteiger partial charge >= 0.3 is 5.97 Å². The predicted molar refractivity (Wildman–Crippen MR) is 40.3 cm³/mol. The smallest absolute Gasteiger partial charge is 0.357 e. The summed E-state index contributed by atoms with van der Waals surface area (Å²) in [7, 11) is 1.67. The molecule has 0 aliphatic rings. The molecule has 0 saturated heterocycles. The number of aromatic carboxylic acids is 1. The van der Waals surface area contributed by atoms with E-state index in [1.54, 1.807) is 13.2 Å². The lowest BCUT2D eigenvalue weighted by Gasteiger charge is -1.86. The fraction of sp³-hybridized carbons (Fsp3) is 0.143. The first-order valence-electron chi connectivity index (χ1n) is 3.04. The Kier molecular flexibility index (Phi) is 1.76. The zero-order valence-corrected chi connectivity index (χ0v) is 6.11. The van der Waals surface area contributed by atoms with Crippen LogP contribution in [0.3, 0.4) is 0 Å². The van der Waals surface area contributed by atoms with E-state index in [0.717, 1.165) is 0 Å². The maximum Gasteiger partial charge on any atom is 0.357 e. The number of aryl methyl sites for hydroxylation is 1. The first-order chi connectivity index (χ1) is 5.15. The molecule has 1 aromatic heterocycles. The van der Waals surface area contributed by atoms with E-state index in [1.165, 1.54) is 10.8 Å². The number of rotatable bonds is 2. The first kappa shape index (κ1) is 7.53. The number of aromatic nitrogens is 2. The Morgan fingerprint density at radius 1 is 1.91 bits per heavy atom. The van der Waals surface area contributed by atoms with E-state index in [-0.39, 0.29) is 5.69 Å². The molecule has 4 nitrogen and oxygen atoms in total. The molecule has 1 heterocycles. The zero-order valence-electron chi connectivity index (χ0n) is 6.11. The Morgan fingerprint density at radius 2 is 2.55 bits per heavy atom. The van der Waals surface area contributed by atoms with E-state index in [1.807, 2.05) is 0 Å². The first-order valence-corrected chi connectivity index (χ1v) is 3.04. The molecule has 11 heavy (non-hydrogen) atoms. The van der Waals surface area contributed by atoms with Crippen molar-refractivity contribution in [1.29, 1.82) is 0 Å². The number of hydrogen-bond acceptors (Lipinski definition) is 2. The van der Waals surface area contributed by atoms with Crippen LogP contribution in [0.15, 0.2) is 12.8 Å². The molecular weight excluding hydrogens is 144 g/mol. The normalized spacial score (nSPS) is 9.55. The monoisotopic (exact) mass is 152 g/mol. The van der Waals surface area contributed by atoms with Crippen molar-refractivity contribution in [2.24, 2.45) is 7.05 Å². The van der Waals surface area contributed by atoms with Gasteiger partial charge in [-0.1, -0.05) is 12.7 Å². The van der Waals surface area contributed by atoms with Crippen molar-refractivity contribution >= 4 is 12.0 Å². The molecule has 1 rings (SSSR count). The van der Waals surface area contributed by atoms with Gasteiger partial charge in [0.05, 0.1) is 0 Å². The van der Waals surface area contributed by atoms with Gasteiger partial charge in [-0.3, -0.25) is 4.68 Å². The molecule has 58 valence electrons. The van der Waals surface area contributed by atoms with Crippen molar-refractivity contribution in [2.45, 2.75) is 0 Å². The maximum atomic E-state index is 10.5. The number of carbonyl (C=O) groups is 1. The van der Waals surface area contributed by atoms with E-state index < -0.39 is 5.97 Å². The minimum Gasteiger partial charge on any atom is -0.476 e. The van der Waals surface area contributed by atoms with E-state index >= 15 is 0 Å². The van der Waals surface area contributed by atoms with E-state index in [9.17, 15) is 4.79 Å². The Bertz CT molecular complexity index is 301. The molecule has 1 aromatic rings. The average Bonchev–Trinajstić information content (AvgIpc) is 2.30. The van der Waals surface area contributed by atoms with E-state index in [4.69, 9.17) is 5.11 Å². The summed E-state index contributed by atoms with van der Waals surface area (Å²) in [6, 6.07) is 0.